The number of piperazine rings is 1. The van der Waals surface area contributed by atoms with Gasteiger partial charge >= 0.3 is 0 Å². The molecule has 0 unspecified atom stereocenters. The molecule has 0 aromatic rings. The van der Waals surface area contributed by atoms with E-state index in [0.717, 1.165) is 0 Å². The molecule has 1 aliphatic rings. The normalized spacial score (nSPS) is 16.6. The molecular formula is C14H26N2O3. The molecule has 0 aromatic carbocycles. The van der Waals surface area contributed by atoms with Gasteiger partial charge in [0.15, 0.2) is 0 Å². The Morgan fingerprint density at radius 1 is 1.00 bits per heavy atom. The molecule has 1 saturated heterocycles. The Hall–Kier alpha value is -1.10. The fourth-order valence-corrected chi connectivity index (χ4v) is 2.12. The number of nitrogens with zero attached hydrogens (tertiary/aromatic N) is 2. The molecule has 0 bridgehead atoms. The van der Waals surface area contributed by atoms with Crippen LogP contribution in [0.3, 0.4) is 0 Å². The SMILES string of the molecule is COCCC(=O)N1CCN(C(=O)CC(C)(C)C)CC1. The molecule has 110 valence electrons. The lowest BCUT2D eigenvalue weighted by atomic mass is 9.91. The van der Waals surface area contributed by atoms with E-state index in [4.69, 9.17) is 4.74 Å². The zero-order chi connectivity index (χ0) is 14.5. The van der Waals surface area contributed by atoms with Crippen LogP contribution in [0.1, 0.15) is 33.6 Å². The van der Waals surface area contributed by atoms with E-state index in [1.807, 2.05) is 9.80 Å². The summed E-state index contributed by atoms with van der Waals surface area (Å²) in [6, 6.07) is 0. The number of ether oxygens (including phenoxy) is 1. The van der Waals surface area contributed by atoms with Gasteiger partial charge < -0.3 is 14.5 Å². The Balaban J connectivity index is 2.36. The van der Waals surface area contributed by atoms with Gasteiger partial charge in [0, 0.05) is 39.7 Å². The first-order valence-corrected chi connectivity index (χ1v) is 6.88. The fourth-order valence-electron chi connectivity index (χ4n) is 2.12. The minimum Gasteiger partial charge on any atom is -0.384 e. The number of hydrogen-bond acceptors (Lipinski definition) is 3. The first kappa shape index (κ1) is 16.0. The number of rotatable bonds is 4. The number of carbonyl (C=O) groups excluding carboxylic acids is 2. The van der Waals surface area contributed by atoms with Gasteiger partial charge in [0.1, 0.15) is 0 Å². The van der Waals surface area contributed by atoms with Gasteiger partial charge in [0.2, 0.25) is 11.8 Å². The van der Waals surface area contributed by atoms with Crippen molar-refractivity contribution in [2.45, 2.75) is 33.6 Å². The summed E-state index contributed by atoms with van der Waals surface area (Å²) < 4.78 is 4.91. The van der Waals surface area contributed by atoms with Crippen molar-refractivity contribution in [3.8, 4) is 0 Å². The predicted octanol–water partition coefficient (Wildman–Crippen LogP) is 1.13. The van der Waals surface area contributed by atoms with Crippen LogP contribution in [-0.2, 0) is 14.3 Å². The van der Waals surface area contributed by atoms with Crippen molar-refractivity contribution in [1.82, 2.24) is 9.80 Å². The van der Waals surface area contributed by atoms with Crippen LogP contribution in [0.15, 0.2) is 0 Å². The molecule has 0 spiro atoms. The van der Waals surface area contributed by atoms with Crippen LogP contribution in [-0.4, -0.2) is 61.5 Å². The molecular weight excluding hydrogens is 244 g/mol. The molecule has 0 radical (unpaired) electrons. The minimum atomic E-state index is 0.0164. The monoisotopic (exact) mass is 270 g/mol. The van der Waals surface area contributed by atoms with Crippen LogP contribution in [0.4, 0.5) is 0 Å². The molecule has 0 aliphatic carbocycles. The van der Waals surface area contributed by atoms with Crippen LogP contribution in [0.2, 0.25) is 0 Å². The highest BCUT2D eigenvalue weighted by Gasteiger charge is 2.26. The van der Waals surface area contributed by atoms with Crippen molar-refractivity contribution in [1.29, 1.82) is 0 Å². The second-order valence-electron chi connectivity index (χ2n) is 6.24. The third kappa shape index (κ3) is 5.59. The second kappa shape index (κ2) is 6.89. The molecule has 0 N–H and O–H groups in total. The van der Waals surface area contributed by atoms with E-state index in [2.05, 4.69) is 20.8 Å². The van der Waals surface area contributed by atoms with Crippen LogP contribution in [0.5, 0.6) is 0 Å². The molecule has 0 atom stereocenters. The topological polar surface area (TPSA) is 49.9 Å². The molecule has 1 fully saturated rings. The van der Waals surface area contributed by atoms with Gasteiger partial charge in [-0.25, -0.2) is 0 Å². The van der Waals surface area contributed by atoms with E-state index < -0.39 is 0 Å². The number of carbonyl (C=O) groups is 2. The molecule has 5 heteroatoms. The number of methoxy groups -OCH3 is 1. The van der Waals surface area contributed by atoms with Gasteiger partial charge in [-0.05, 0) is 5.41 Å². The van der Waals surface area contributed by atoms with Gasteiger partial charge in [-0.15, -0.1) is 0 Å². The first-order chi connectivity index (χ1) is 8.83. The minimum absolute atomic E-state index is 0.0164. The lowest BCUT2D eigenvalue weighted by Crippen LogP contribution is -2.51. The van der Waals surface area contributed by atoms with Crippen molar-refractivity contribution in [3.05, 3.63) is 0 Å². The summed E-state index contributed by atoms with van der Waals surface area (Å²) in [6.07, 6.45) is 0.983. The van der Waals surface area contributed by atoms with E-state index in [1.165, 1.54) is 0 Å². The summed E-state index contributed by atoms with van der Waals surface area (Å²) in [5, 5.41) is 0. The Bertz CT molecular complexity index is 315. The van der Waals surface area contributed by atoms with E-state index in [-0.39, 0.29) is 17.2 Å². The van der Waals surface area contributed by atoms with Crippen LogP contribution in [0, 0.1) is 5.41 Å². The zero-order valence-electron chi connectivity index (χ0n) is 12.6. The van der Waals surface area contributed by atoms with Crippen LogP contribution in [0.25, 0.3) is 0 Å². The quantitative estimate of drug-likeness (QED) is 0.769. The van der Waals surface area contributed by atoms with E-state index in [1.54, 1.807) is 7.11 Å². The summed E-state index contributed by atoms with van der Waals surface area (Å²) in [5.41, 5.74) is 0.0164. The summed E-state index contributed by atoms with van der Waals surface area (Å²) >= 11 is 0. The van der Waals surface area contributed by atoms with Crippen molar-refractivity contribution < 1.29 is 14.3 Å². The molecule has 0 aromatic heterocycles. The predicted molar refractivity (Wildman–Crippen MR) is 73.7 cm³/mol. The van der Waals surface area contributed by atoms with Gasteiger partial charge in [-0.3, -0.25) is 9.59 Å². The highest BCUT2D eigenvalue weighted by Crippen LogP contribution is 2.20. The Kier molecular flexibility index (Phi) is 5.79. The van der Waals surface area contributed by atoms with Gasteiger partial charge in [0.05, 0.1) is 13.0 Å². The summed E-state index contributed by atoms with van der Waals surface area (Å²) in [5.74, 6) is 0.307. The molecule has 19 heavy (non-hydrogen) atoms. The second-order valence-corrected chi connectivity index (χ2v) is 6.24. The summed E-state index contributed by atoms with van der Waals surface area (Å²) in [6.45, 7) is 9.22. The highest BCUT2D eigenvalue weighted by molar-refractivity contribution is 5.78. The summed E-state index contributed by atoms with van der Waals surface area (Å²) in [7, 11) is 1.59. The van der Waals surface area contributed by atoms with E-state index >= 15 is 0 Å². The van der Waals surface area contributed by atoms with Crippen molar-refractivity contribution in [3.63, 3.8) is 0 Å². The average molecular weight is 270 g/mol. The average Bonchev–Trinajstić information content (AvgIpc) is 2.34. The van der Waals surface area contributed by atoms with Crippen LogP contribution < -0.4 is 0 Å². The maximum Gasteiger partial charge on any atom is 0.225 e. The molecule has 5 nitrogen and oxygen atoms in total. The maximum atomic E-state index is 12.1. The first-order valence-electron chi connectivity index (χ1n) is 6.88. The van der Waals surface area contributed by atoms with Crippen molar-refractivity contribution in [2.75, 3.05) is 39.9 Å². The van der Waals surface area contributed by atoms with Gasteiger partial charge in [-0.1, -0.05) is 20.8 Å². The lowest BCUT2D eigenvalue weighted by Gasteiger charge is -2.36. The smallest absolute Gasteiger partial charge is 0.225 e. The lowest BCUT2D eigenvalue weighted by molar-refractivity contribution is -0.141. The molecule has 1 aliphatic heterocycles. The van der Waals surface area contributed by atoms with E-state index in [9.17, 15) is 9.59 Å². The molecule has 2 amide bonds. The molecule has 1 heterocycles. The van der Waals surface area contributed by atoms with Crippen molar-refractivity contribution >= 4 is 11.8 Å². The number of amides is 2. The van der Waals surface area contributed by atoms with Gasteiger partial charge in [0.25, 0.3) is 0 Å². The molecule has 0 saturated carbocycles. The maximum absolute atomic E-state index is 12.1. The van der Waals surface area contributed by atoms with Gasteiger partial charge in [-0.2, -0.15) is 0 Å². The largest absolute Gasteiger partial charge is 0.384 e. The fraction of sp³-hybridized carbons (Fsp3) is 0.857. The Labute approximate surface area is 115 Å². The zero-order valence-corrected chi connectivity index (χ0v) is 12.6. The van der Waals surface area contributed by atoms with Crippen molar-refractivity contribution in [2.24, 2.45) is 5.41 Å². The Morgan fingerprint density at radius 2 is 1.47 bits per heavy atom. The van der Waals surface area contributed by atoms with Crippen LogP contribution >= 0.6 is 0 Å². The third-order valence-corrected chi connectivity index (χ3v) is 3.19. The molecule has 1 rings (SSSR count). The number of hydrogen-bond donors (Lipinski definition) is 0. The Morgan fingerprint density at radius 3 is 1.89 bits per heavy atom. The standard InChI is InChI=1S/C14H26N2O3/c1-14(2,3)11-13(18)16-8-6-15(7-9-16)12(17)5-10-19-4/h5-11H2,1-4H3. The highest BCUT2D eigenvalue weighted by atomic mass is 16.5. The summed E-state index contributed by atoms with van der Waals surface area (Å²) in [4.78, 5) is 27.6. The van der Waals surface area contributed by atoms with E-state index in [0.29, 0.717) is 45.6 Å². The third-order valence-electron chi connectivity index (χ3n) is 3.19.